The minimum atomic E-state index is 0.168. The molecule has 0 aromatic heterocycles. The van der Waals surface area contributed by atoms with Gasteiger partial charge in [-0.3, -0.25) is 4.99 Å². The third-order valence-corrected chi connectivity index (χ3v) is 2.11. The van der Waals surface area contributed by atoms with Gasteiger partial charge in [-0.15, -0.1) is 0 Å². The summed E-state index contributed by atoms with van der Waals surface area (Å²) in [5.41, 5.74) is 7.62. The van der Waals surface area contributed by atoms with Crippen molar-refractivity contribution in [1.82, 2.24) is 0 Å². The fraction of sp³-hybridized carbons (Fsp3) is 0.364. The van der Waals surface area contributed by atoms with E-state index in [1.807, 2.05) is 39.0 Å². The lowest BCUT2D eigenvalue weighted by Gasteiger charge is -2.09. The molecule has 15 heavy (non-hydrogen) atoms. The van der Waals surface area contributed by atoms with Gasteiger partial charge in [-0.1, -0.05) is 17.7 Å². The van der Waals surface area contributed by atoms with E-state index in [0.29, 0.717) is 11.0 Å². The summed E-state index contributed by atoms with van der Waals surface area (Å²) < 4.78 is 0. The van der Waals surface area contributed by atoms with E-state index in [4.69, 9.17) is 17.3 Å². The van der Waals surface area contributed by atoms with Crippen LogP contribution in [-0.4, -0.2) is 12.0 Å². The summed E-state index contributed by atoms with van der Waals surface area (Å²) >= 11 is 6.00. The first-order chi connectivity index (χ1) is 6.99. The number of nitrogens with two attached hydrogens (primary N) is 1. The zero-order valence-electron chi connectivity index (χ0n) is 9.21. The molecule has 3 N–H and O–H groups in total. The van der Waals surface area contributed by atoms with Gasteiger partial charge in [0.05, 0.1) is 10.7 Å². The number of nitrogens with one attached hydrogen (secondary N) is 1. The molecule has 82 valence electrons. The van der Waals surface area contributed by atoms with Gasteiger partial charge in [-0.25, -0.2) is 0 Å². The number of guanidine groups is 1. The van der Waals surface area contributed by atoms with Crippen LogP contribution < -0.4 is 11.1 Å². The maximum atomic E-state index is 6.00. The molecule has 0 radical (unpaired) electrons. The Morgan fingerprint density at radius 3 is 2.73 bits per heavy atom. The van der Waals surface area contributed by atoms with Crippen molar-refractivity contribution in [3.63, 3.8) is 0 Å². The molecule has 0 saturated carbocycles. The molecule has 0 bridgehead atoms. The highest BCUT2D eigenvalue weighted by molar-refractivity contribution is 6.33. The number of benzene rings is 1. The molecule has 0 fully saturated rings. The van der Waals surface area contributed by atoms with E-state index in [-0.39, 0.29) is 6.04 Å². The monoisotopic (exact) mass is 225 g/mol. The van der Waals surface area contributed by atoms with E-state index in [1.165, 1.54) is 0 Å². The Balaban J connectivity index is 2.85. The summed E-state index contributed by atoms with van der Waals surface area (Å²) in [5, 5.41) is 3.62. The second-order valence-corrected chi connectivity index (χ2v) is 4.12. The predicted molar refractivity (Wildman–Crippen MR) is 66.6 cm³/mol. The van der Waals surface area contributed by atoms with Crippen molar-refractivity contribution in [1.29, 1.82) is 0 Å². The number of anilines is 1. The fourth-order valence-corrected chi connectivity index (χ4v) is 1.35. The first-order valence-corrected chi connectivity index (χ1v) is 5.23. The molecule has 0 aliphatic heterocycles. The number of nitrogens with zero attached hydrogens (tertiary/aromatic N) is 1. The Morgan fingerprint density at radius 1 is 1.47 bits per heavy atom. The zero-order chi connectivity index (χ0) is 11.4. The Bertz CT molecular complexity index is 372. The van der Waals surface area contributed by atoms with Crippen LogP contribution in [0.5, 0.6) is 0 Å². The number of halogens is 1. The van der Waals surface area contributed by atoms with Gasteiger partial charge in [0.1, 0.15) is 0 Å². The second-order valence-electron chi connectivity index (χ2n) is 3.72. The van der Waals surface area contributed by atoms with Crippen molar-refractivity contribution in [3.05, 3.63) is 28.8 Å². The number of rotatable bonds is 2. The molecular weight excluding hydrogens is 210 g/mol. The lowest BCUT2D eigenvalue weighted by molar-refractivity contribution is 0.833. The summed E-state index contributed by atoms with van der Waals surface area (Å²) in [6, 6.07) is 5.89. The molecule has 0 saturated heterocycles. The lowest BCUT2D eigenvalue weighted by Crippen LogP contribution is -2.24. The number of hydrogen-bond acceptors (Lipinski definition) is 1. The van der Waals surface area contributed by atoms with Crippen LogP contribution in [0.1, 0.15) is 19.4 Å². The Labute approximate surface area is 95.3 Å². The molecule has 4 heteroatoms. The third kappa shape index (κ3) is 3.80. The first-order valence-electron chi connectivity index (χ1n) is 4.85. The van der Waals surface area contributed by atoms with Gasteiger partial charge >= 0.3 is 0 Å². The number of aliphatic imine (C=N–C) groups is 1. The van der Waals surface area contributed by atoms with Crippen molar-refractivity contribution >= 4 is 23.2 Å². The van der Waals surface area contributed by atoms with E-state index in [1.54, 1.807) is 0 Å². The van der Waals surface area contributed by atoms with Crippen LogP contribution in [0, 0.1) is 6.92 Å². The fourth-order valence-electron chi connectivity index (χ4n) is 1.18. The van der Waals surface area contributed by atoms with Crippen molar-refractivity contribution in [3.8, 4) is 0 Å². The van der Waals surface area contributed by atoms with E-state index in [2.05, 4.69) is 10.3 Å². The summed E-state index contributed by atoms with van der Waals surface area (Å²) in [5.74, 6) is 0.387. The maximum absolute atomic E-state index is 6.00. The zero-order valence-corrected chi connectivity index (χ0v) is 9.97. The van der Waals surface area contributed by atoms with Gasteiger partial charge in [0.2, 0.25) is 0 Å². The first kappa shape index (κ1) is 11.9. The van der Waals surface area contributed by atoms with E-state index in [9.17, 15) is 0 Å². The van der Waals surface area contributed by atoms with Crippen molar-refractivity contribution < 1.29 is 0 Å². The molecule has 0 aliphatic carbocycles. The molecule has 0 heterocycles. The SMILES string of the molecule is Cc1ccc(Cl)c(NC(N)=NC(C)C)c1. The standard InChI is InChI=1S/C11H16ClN3/c1-7(2)14-11(13)15-10-6-8(3)4-5-9(10)12/h4-7H,1-3H3,(H3,13,14,15). The van der Waals surface area contributed by atoms with Crippen molar-refractivity contribution in [2.45, 2.75) is 26.8 Å². The van der Waals surface area contributed by atoms with Gasteiger partial charge in [-0.2, -0.15) is 0 Å². The van der Waals surface area contributed by atoms with E-state index >= 15 is 0 Å². The van der Waals surface area contributed by atoms with Gasteiger partial charge in [0.25, 0.3) is 0 Å². The molecule has 3 nitrogen and oxygen atoms in total. The van der Waals surface area contributed by atoms with Gasteiger partial charge in [0, 0.05) is 6.04 Å². The highest BCUT2D eigenvalue weighted by atomic mass is 35.5. The molecule has 0 amide bonds. The largest absolute Gasteiger partial charge is 0.370 e. The summed E-state index contributed by atoms with van der Waals surface area (Å²) in [6.45, 7) is 5.93. The molecule has 1 aromatic carbocycles. The normalized spacial score (nSPS) is 11.9. The highest BCUT2D eigenvalue weighted by Crippen LogP contribution is 2.22. The third-order valence-electron chi connectivity index (χ3n) is 1.78. The van der Waals surface area contributed by atoms with Gasteiger partial charge < -0.3 is 11.1 Å². The molecule has 0 unspecified atom stereocenters. The summed E-state index contributed by atoms with van der Waals surface area (Å²) in [7, 11) is 0. The van der Waals surface area contributed by atoms with Crippen LogP contribution in [0.25, 0.3) is 0 Å². The summed E-state index contributed by atoms with van der Waals surface area (Å²) in [4.78, 5) is 4.17. The van der Waals surface area contributed by atoms with E-state index < -0.39 is 0 Å². The summed E-state index contributed by atoms with van der Waals surface area (Å²) in [6.07, 6.45) is 0. The van der Waals surface area contributed by atoms with Crippen LogP contribution in [0.4, 0.5) is 5.69 Å². The van der Waals surface area contributed by atoms with Crippen LogP contribution in [-0.2, 0) is 0 Å². The highest BCUT2D eigenvalue weighted by Gasteiger charge is 2.01. The lowest BCUT2D eigenvalue weighted by atomic mass is 10.2. The molecule has 1 aromatic rings. The van der Waals surface area contributed by atoms with Crippen LogP contribution in [0.2, 0.25) is 5.02 Å². The molecular formula is C11H16ClN3. The number of aryl methyl sites for hydroxylation is 1. The van der Waals surface area contributed by atoms with E-state index in [0.717, 1.165) is 11.3 Å². The van der Waals surface area contributed by atoms with Crippen molar-refractivity contribution in [2.75, 3.05) is 5.32 Å². The maximum Gasteiger partial charge on any atom is 0.193 e. The minimum Gasteiger partial charge on any atom is -0.370 e. The predicted octanol–water partition coefficient (Wildman–Crippen LogP) is 2.78. The second kappa shape index (κ2) is 5.03. The van der Waals surface area contributed by atoms with Crippen LogP contribution >= 0.6 is 11.6 Å². The minimum absolute atomic E-state index is 0.168. The average Bonchev–Trinajstić information content (AvgIpc) is 2.10. The molecule has 0 atom stereocenters. The smallest absolute Gasteiger partial charge is 0.193 e. The Kier molecular flexibility index (Phi) is 3.97. The molecule has 1 rings (SSSR count). The van der Waals surface area contributed by atoms with Crippen LogP contribution in [0.15, 0.2) is 23.2 Å². The van der Waals surface area contributed by atoms with Crippen LogP contribution in [0.3, 0.4) is 0 Å². The Morgan fingerprint density at radius 2 is 2.13 bits per heavy atom. The molecule has 0 spiro atoms. The van der Waals surface area contributed by atoms with Gasteiger partial charge in [0.15, 0.2) is 5.96 Å². The van der Waals surface area contributed by atoms with Gasteiger partial charge in [-0.05, 0) is 38.5 Å². The Hall–Kier alpha value is -1.22. The quantitative estimate of drug-likeness (QED) is 0.601. The van der Waals surface area contributed by atoms with Crippen molar-refractivity contribution in [2.24, 2.45) is 10.7 Å². The average molecular weight is 226 g/mol. The number of hydrogen-bond donors (Lipinski definition) is 2. The topological polar surface area (TPSA) is 50.4 Å². The molecule has 0 aliphatic rings.